The number of rotatable bonds is 2. The Balaban J connectivity index is 1.68. The van der Waals surface area contributed by atoms with Crippen LogP contribution in [0.25, 0.3) is 0 Å². The molecule has 0 N–H and O–H groups in total. The highest BCUT2D eigenvalue weighted by Crippen LogP contribution is 2.33. The molecule has 0 bridgehead atoms. The van der Waals surface area contributed by atoms with E-state index in [2.05, 4.69) is 41.4 Å². The maximum atomic E-state index is 5.22. The van der Waals surface area contributed by atoms with Crippen LogP contribution in [0.15, 0.2) is 53.6 Å². The Morgan fingerprint density at radius 1 is 1.10 bits per heavy atom. The van der Waals surface area contributed by atoms with Gasteiger partial charge in [0.1, 0.15) is 5.75 Å². The standard InChI is InChI=1S/C18H18N2O/c1-21-16-10-8-15(9-11-16)20-12-14-7-6-13-4-2-3-5-17(13)18(14)19-20/h2-5,8-11,14H,6-7,12H2,1H3. The molecule has 1 atom stereocenters. The highest BCUT2D eigenvalue weighted by Gasteiger charge is 2.32. The fraction of sp³-hybridized carbons (Fsp3) is 0.278. The second kappa shape index (κ2) is 4.92. The van der Waals surface area contributed by atoms with E-state index in [0.717, 1.165) is 24.4 Å². The molecule has 3 nitrogen and oxygen atoms in total. The topological polar surface area (TPSA) is 24.8 Å². The lowest BCUT2D eigenvalue weighted by Gasteiger charge is -2.21. The molecule has 4 rings (SSSR count). The average molecular weight is 278 g/mol. The van der Waals surface area contributed by atoms with Crippen molar-refractivity contribution in [1.29, 1.82) is 0 Å². The van der Waals surface area contributed by atoms with Crippen LogP contribution in [-0.2, 0) is 6.42 Å². The van der Waals surface area contributed by atoms with Crippen LogP contribution < -0.4 is 9.75 Å². The molecule has 21 heavy (non-hydrogen) atoms. The second-order valence-corrected chi connectivity index (χ2v) is 5.66. The highest BCUT2D eigenvalue weighted by atomic mass is 16.5. The predicted molar refractivity (Wildman–Crippen MR) is 85.1 cm³/mol. The Hall–Kier alpha value is -2.29. The Kier molecular flexibility index (Phi) is 2.92. The van der Waals surface area contributed by atoms with Gasteiger partial charge in [-0.15, -0.1) is 0 Å². The third-order valence-corrected chi connectivity index (χ3v) is 4.43. The number of aryl methyl sites for hydroxylation is 1. The summed E-state index contributed by atoms with van der Waals surface area (Å²) in [6.07, 6.45) is 2.36. The smallest absolute Gasteiger partial charge is 0.119 e. The zero-order valence-electron chi connectivity index (χ0n) is 12.1. The molecule has 1 aliphatic heterocycles. The van der Waals surface area contributed by atoms with Gasteiger partial charge in [-0.25, -0.2) is 0 Å². The zero-order chi connectivity index (χ0) is 14.2. The first-order valence-electron chi connectivity index (χ1n) is 7.43. The van der Waals surface area contributed by atoms with Gasteiger partial charge in [0.2, 0.25) is 0 Å². The normalized spacial score (nSPS) is 19.8. The van der Waals surface area contributed by atoms with Gasteiger partial charge in [-0.1, -0.05) is 24.3 Å². The molecule has 1 heterocycles. The van der Waals surface area contributed by atoms with Crippen molar-refractivity contribution in [2.24, 2.45) is 11.0 Å². The lowest BCUT2D eigenvalue weighted by Crippen LogP contribution is -2.24. The van der Waals surface area contributed by atoms with Gasteiger partial charge >= 0.3 is 0 Å². The van der Waals surface area contributed by atoms with Crippen molar-refractivity contribution in [3.8, 4) is 5.75 Å². The first-order chi connectivity index (χ1) is 10.3. The maximum Gasteiger partial charge on any atom is 0.119 e. The average Bonchev–Trinajstić information content (AvgIpc) is 2.99. The van der Waals surface area contributed by atoms with Crippen molar-refractivity contribution in [3.05, 3.63) is 59.7 Å². The molecule has 0 spiro atoms. The molecule has 0 amide bonds. The summed E-state index contributed by atoms with van der Waals surface area (Å²) in [7, 11) is 1.69. The lowest BCUT2D eigenvalue weighted by atomic mass is 9.83. The van der Waals surface area contributed by atoms with E-state index in [1.165, 1.54) is 23.3 Å². The van der Waals surface area contributed by atoms with Gasteiger partial charge in [0.15, 0.2) is 0 Å². The summed E-state index contributed by atoms with van der Waals surface area (Å²) in [5.41, 5.74) is 5.16. The number of nitrogens with zero attached hydrogens (tertiary/aromatic N) is 2. The van der Waals surface area contributed by atoms with Gasteiger partial charge in [-0.2, -0.15) is 5.10 Å². The molecular weight excluding hydrogens is 260 g/mol. The maximum absolute atomic E-state index is 5.22. The fourth-order valence-corrected chi connectivity index (χ4v) is 3.28. The molecule has 0 fully saturated rings. The van der Waals surface area contributed by atoms with E-state index in [9.17, 15) is 0 Å². The number of ether oxygens (including phenoxy) is 1. The Bertz CT molecular complexity index is 691. The molecular formula is C18H18N2O. The van der Waals surface area contributed by atoms with Crippen LogP contribution in [0.5, 0.6) is 5.75 Å². The van der Waals surface area contributed by atoms with Gasteiger partial charge in [0, 0.05) is 11.5 Å². The van der Waals surface area contributed by atoms with Gasteiger partial charge < -0.3 is 4.74 Å². The predicted octanol–water partition coefficient (Wildman–Crippen LogP) is 3.48. The number of hydrogen-bond donors (Lipinski definition) is 0. The molecule has 2 aromatic rings. The van der Waals surface area contributed by atoms with E-state index >= 15 is 0 Å². The van der Waals surface area contributed by atoms with Crippen LogP contribution in [0.2, 0.25) is 0 Å². The Morgan fingerprint density at radius 3 is 2.71 bits per heavy atom. The van der Waals surface area contributed by atoms with Gasteiger partial charge in [0.25, 0.3) is 0 Å². The van der Waals surface area contributed by atoms with E-state index in [4.69, 9.17) is 9.84 Å². The van der Waals surface area contributed by atoms with Crippen molar-refractivity contribution < 1.29 is 4.74 Å². The summed E-state index contributed by atoms with van der Waals surface area (Å²) in [4.78, 5) is 0. The van der Waals surface area contributed by atoms with Crippen LogP contribution >= 0.6 is 0 Å². The Morgan fingerprint density at radius 2 is 1.90 bits per heavy atom. The number of benzene rings is 2. The summed E-state index contributed by atoms with van der Waals surface area (Å²) < 4.78 is 5.22. The van der Waals surface area contributed by atoms with E-state index in [0.29, 0.717) is 5.92 Å². The number of hydrogen-bond acceptors (Lipinski definition) is 3. The molecule has 106 valence electrons. The van der Waals surface area contributed by atoms with Gasteiger partial charge in [-0.05, 0) is 42.7 Å². The first-order valence-corrected chi connectivity index (χ1v) is 7.43. The molecule has 3 heteroatoms. The van der Waals surface area contributed by atoms with Gasteiger partial charge in [-0.3, -0.25) is 5.01 Å². The van der Waals surface area contributed by atoms with Crippen LogP contribution in [-0.4, -0.2) is 19.4 Å². The van der Waals surface area contributed by atoms with E-state index in [1.807, 2.05) is 12.1 Å². The largest absolute Gasteiger partial charge is 0.497 e. The molecule has 2 aromatic carbocycles. The summed E-state index contributed by atoms with van der Waals surface area (Å²) in [5.74, 6) is 1.44. The van der Waals surface area contributed by atoms with Crippen molar-refractivity contribution >= 4 is 11.4 Å². The summed E-state index contributed by atoms with van der Waals surface area (Å²) in [6.45, 7) is 0.982. The fourth-order valence-electron chi connectivity index (χ4n) is 3.28. The third kappa shape index (κ3) is 2.09. The lowest BCUT2D eigenvalue weighted by molar-refractivity contribution is 0.415. The Labute approximate surface area is 124 Å². The number of methoxy groups -OCH3 is 1. The van der Waals surface area contributed by atoms with Crippen molar-refractivity contribution in [2.75, 3.05) is 18.7 Å². The van der Waals surface area contributed by atoms with Crippen LogP contribution in [0, 0.1) is 5.92 Å². The van der Waals surface area contributed by atoms with E-state index in [-0.39, 0.29) is 0 Å². The molecule has 0 saturated carbocycles. The van der Waals surface area contributed by atoms with E-state index < -0.39 is 0 Å². The van der Waals surface area contributed by atoms with E-state index in [1.54, 1.807) is 7.11 Å². The molecule has 0 aromatic heterocycles. The van der Waals surface area contributed by atoms with Crippen molar-refractivity contribution in [2.45, 2.75) is 12.8 Å². The monoisotopic (exact) mass is 278 g/mol. The van der Waals surface area contributed by atoms with Crippen LogP contribution in [0.3, 0.4) is 0 Å². The number of anilines is 1. The zero-order valence-corrected chi connectivity index (χ0v) is 12.1. The number of hydrazone groups is 1. The van der Waals surface area contributed by atoms with Crippen LogP contribution in [0.1, 0.15) is 17.5 Å². The second-order valence-electron chi connectivity index (χ2n) is 5.66. The quantitative estimate of drug-likeness (QED) is 0.840. The molecule has 0 saturated heterocycles. The minimum Gasteiger partial charge on any atom is -0.497 e. The molecule has 1 aliphatic carbocycles. The van der Waals surface area contributed by atoms with Crippen molar-refractivity contribution in [1.82, 2.24) is 0 Å². The van der Waals surface area contributed by atoms with Crippen LogP contribution in [0.4, 0.5) is 5.69 Å². The number of fused-ring (bicyclic) bond motifs is 3. The first kappa shape index (κ1) is 12.5. The summed E-state index contributed by atoms with van der Waals surface area (Å²) in [6, 6.07) is 16.8. The SMILES string of the molecule is COc1ccc(N2CC3CCc4ccccc4C3=N2)cc1. The minimum absolute atomic E-state index is 0.557. The third-order valence-electron chi connectivity index (χ3n) is 4.43. The molecule has 2 aliphatic rings. The summed E-state index contributed by atoms with van der Waals surface area (Å²) >= 11 is 0. The summed E-state index contributed by atoms with van der Waals surface area (Å²) in [5, 5.41) is 7.01. The molecule has 1 unspecified atom stereocenters. The molecule has 0 radical (unpaired) electrons. The van der Waals surface area contributed by atoms with Crippen molar-refractivity contribution in [3.63, 3.8) is 0 Å². The highest BCUT2D eigenvalue weighted by molar-refractivity contribution is 6.06. The van der Waals surface area contributed by atoms with Gasteiger partial charge in [0.05, 0.1) is 25.1 Å². The minimum atomic E-state index is 0.557.